The molecule has 0 aliphatic rings. The van der Waals surface area contributed by atoms with Crippen LogP contribution in [0.5, 0.6) is 0 Å². The van der Waals surface area contributed by atoms with Gasteiger partial charge < -0.3 is 10.6 Å². The minimum absolute atomic E-state index is 0.126. The second kappa shape index (κ2) is 8.26. The van der Waals surface area contributed by atoms with Crippen LogP contribution in [0.4, 0.5) is 5.13 Å². The second-order valence-electron chi connectivity index (χ2n) is 5.43. The van der Waals surface area contributed by atoms with E-state index in [1.165, 1.54) is 18.3 Å². The number of rotatable bonds is 6. The number of nitrogens with zero attached hydrogens (tertiary/aromatic N) is 1. The Balaban J connectivity index is 2.08. The van der Waals surface area contributed by atoms with Gasteiger partial charge in [-0.2, -0.15) is 0 Å². The largest absolute Gasteiger partial charge is 0.349 e. The number of thiazole rings is 1. The van der Waals surface area contributed by atoms with Crippen molar-refractivity contribution in [1.82, 2.24) is 10.3 Å². The molecule has 1 unspecified atom stereocenters. The lowest BCUT2D eigenvalue weighted by Gasteiger charge is -2.17. The smallest absolute Gasteiger partial charge is 0.228 e. The third kappa shape index (κ3) is 5.04. The summed E-state index contributed by atoms with van der Waals surface area (Å²) in [5, 5.41) is 6.81. The van der Waals surface area contributed by atoms with Crippen molar-refractivity contribution in [1.29, 1.82) is 0 Å². The quantitative estimate of drug-likeness (QED) is 0.816. The van der Waals surface area contributed by atoms with E-state index >= 15 is 0 Å². The molecule has 0 saturated heterocycles. The lowest BCUT2D eigenvalue weighted by Crippen LogP contribution is -2.29. The van der Waals surface area contributed by atoms with Crippen LogP contribution in [-0.4, -0.2) is 16.8 Å². The highest BCUT2D eigenvalue weighted by Crippen LogP contribution is 2.24. The Hall–Kier alpha value is -1.92. The molecule has 2 aromatic rings. The van der Waals surface area contributed by atoms with Crippen LogP contribution >= 0.6 is 22.9 Å². The minimum Gasteiger partial charge on any atom is -0.349 e. The van der Waals surface area contributed by atoms with Crippen molar-refractivity contribution >= 4 is 39.9 Å². The Bertz CT molecular complexity index is 728. The standard InChI is InChI=1S/C17H20ClN3O2S/c1-4-14-10(2)24-17(20-14)21-16(23)9-15(19-11(3)22)12-5-7-13(18)8-6-12/h5-8,15H,4,9H2,1-3H3,(H,19,22)(H,20,21,23). The van der Waals surface area contributed by atoms with Gasteiger partial charge in [0.05, 0.1) is 18.2 Å². The van der Waals surface area contributed by atoms with Crippen LogP contribution in [0.15, 0.2) is 24.3 Å². The van der Waals surface area contributed by atoms with Gasteiger partial charge in [-0.25, -0.2) is 4.98 Å². The van der Waals surface area contributed by atoms with Crippen molar-refractivity contribution in [2.24, 2.45) is 0 Å². The van der Waals surface area contributed by atoms with Gasteiger partial charge in [-0.3, -0.25) is 9.59 Å². The number of hydrogen-bond acceptors (Lipinski definition) is 4. The number of carbonyl (C=O) groups excluding carboxylic acids is 2. The Morgan fingerprint density at radius 3 is 2.50 bits per heavy atom. The number of aromatic nitrogens is 1. The van der Waals surface area contributed by atoms with Gasteiger partial charge in [0.25, 0.3) is 0 Å². The van der Waals surface area contributed by atoms with E-state index in [0.29, 0.717) is 10.2 Å². The van der Waals surface area contributed by atoms with Crippen molar-refractivity contribution in [2.75, 3.05) is 5.32 Å². The fourth-order valence-electron chi connectivity index (χ4n) is 2.36. The molecule has 0 aliphatic carbocycles. The lowest BCUT2D eigenvalue weighted by molar-refractivity contribution is -0.120. The molecule has 1 atom stereocenters. The van der Waals surface area contributed by atoms with Crippen molar-refractivity contribution in [2.45, 2.75) is 39.7 Å². The summed E-state index contributed by atoms with van der Waals surface area (Å²) in [6.07, 6.45) is 0.957. The normalized spacial score (nSPS) is 11.8. The number of benzene rings is 1. The molecular formula is C17H20ClN3O2S. The highest BCUT2D eigenvalue weighted by atomic mass is 35.5. The van der Waals surface area contributed by atoms with Gasteiger partial charge in [0, 0.05) is 16.8 Å². The summed E-state index contributed by atoms with van der Waals surface area (Å²) < 4.78 is 0. The van der Waals surface area contributed by atoms with Crippen molar-refractivity contribution in [3.8, 4) is 0 Å². The zero-order chi connectivity index (χ0) is 17.7. The van der Waals surface area contributed by atoms with E-state index in [1.807, 2.05) is 13.8 Å². The Morgan fingerprint density at radius 1 is 1.29 bits per heavy atom. The first kappa shape index (κ1) is 18.4. The van der Waals surface area contributed by atoms with Gasteiger partial charge in [-0.1, -0.05) is 30.7 Å². The summed E-state index contributed by atoms with van der Waals surface area (Å²) in [5.41, 5.74) is 1.82. The van der Waals surface area contributed by atoms with E-state index in [9.17, 15) is 9.59 Å². The zero-order valence-corrected chi connectivity index (χ0v) is 15.4. The number of carbonyl (C=O) groups is 2. The number of hydrogen-bond donors (Lipinski definition) is 2. The van der Waals surface area contributed by atoms with Gasteiger partial charge in [-0.05, 0) is 31.0 Å². The summed E-state index contributed by atoms with van der Waals surface area (Å²) >= 11 is 7.35. The van der Waals surface area contributed by atoms with E-state index in [0.717, 1.165) is 22.6 Å². The highest BCUT2D eigenvalue weighted by molar-refractivity contribution is 7.15. The first-order valence-corrected chi connectivity index (χ1v) is 8.87. The molecule has 2 rings (SSSR count). The maximum Gasteiger partial charge on any atom is 0.228 e. The number of nitrogens with one attached hydrogen (secondary N) is 2. The molecule has 0 spiro atoms. The fraction of sp³-hybridized carbons (Fsp3) is 0.353. The molecule has 2 amide bonds. The molecule has 0 bridgehead atoms. The second-order valence-corrected chi connectivity index (χ2v) is 7.07. The lowest BCUT2D eigenvalue weighted by atomic mass is 10.0. The summed E-state index contributed by atoms with van der Waals surface area (Å²) in [5.74, 6) is -0.388. The molecule has 2 N–H and O–H groups in total. The van der Waals surface area contributed by atoms with Crippen LogP contribution in [0.2, 0.25) is 5.02 Å². The van der Waals surface area contributed by atoms with Gasteiger partial charge in [0.15, 0.2) is 5.13 Å². The summed E-state index contributed by atoms with van der Waals surface area (Å²) in [6.45, 7) is 5.44. The van der Waals surface area contributed by atoms with E-state index in [2.05, 4.69) is 15.6 Å². The van der Waals surface area contributed by atoms with Gasteiger partial charge >= 0.3 is 0 Å². The summed E-state index contributed by atoms with van der Waals surface area (Å²) in [7, 11) is 0. The van der Waals surface area contributed by atoms with Crippen molar-refractivity contribution < 1.29 is 9.59 Å². The predicted molar refractivity (Wildman–Crippen MR) is 97.5 cm³/mol. The van der Waals surface area contributed by atoms with Crippen LogP contribution in [0.25, 0.3) is 0 Å². The fourth-order valence-corrected chi connectivity index (χ4v) is 3.40. The van der Waals surface area contributed by atoms with Crippen LogP contribution in [0, 0.1) is 6.92 Å². The Kier molecular flexibility index (Phi) is 6.34. The average Bonchev–Trinajstić information content (AvgIpc) is 2.86. The molecule has 5 nitrogen and oxygen atoms in total. The van der Waals surface area contributed by atoms with Crippen molar-refractivity contribution in [3.63, 3.8) is 0 Å². The topological polar surface area (TPSA) is 71.1 Å². The van der Waals surface area contributed by atoms with E-state index in [-0.39, 0.29) is 18.2 Å². The molecule has 0 aliphatic heterocycles. The van der Waals surface area contributed by atoms with Crippen LogP contribution in [0.1, 0.15) is 42.4 Å². The van der Waals surface area contributed by atoms with Gasteiger partial charge in [-0.15, -0.1) is 11.3 Å². The SMILES string of the molecule is CCc1nc(NC(=O)CC(NC(C)=O)c2ccc(Cl)cc2)sc1C. The Labute approximate surface area is 150 Å². The van der Waals surface area contributed by atoms with Crippen molar-refractivity contribution in [3.05, 3.63) is 45.4 Å². The molecule has 0 saturated carbocycles. The summed E-state index contributed by atoms with van der Waals surface area (Å²) in [4.78, 5) is 29.3. The summed E-state index contributed by atoms with van der Waals surface area (Å²) in [6, 6.07) is 6.67. The monoisotopic (exact) mass is 365 g/mol. The molecular weight excluding hydrogens is 346 g/mol. The highest BCUT2D eigenvalue weighted by Gasteiger charge is 2.18. The van der Waals surface area contributed by atoms with Gasteiger partial charge in [0.2, 0.25) is 11.8 Å². The maximum atomic E-state index is 12.3. The predicted octanol–water partition coefficient (Wildman–Crippen LogP) is 3.87. The molecule has 1 aromatic heterocycles. The van der Waals surface area contributed by atoms with E-state index < -0.39 is 6.04 Å². The molecule has 128 valence electrons. The zero-order valence-electron chi connectivity index (χ0n) is 13.9. The van der Waals surface area contributed by atoms with Crippen LogP contribution in [0.3, 0.4) is 0 Å². The molecule has 24 heavy (non-hydrogen) atoms. The number of amides is 2. The average molecular weight is 366 g/mol. The van der Waals surface area contributed by atoms with Crippen LogP contribution in [-0.2, 0) is 16.0 Å². The van der Waals surface area contributed by atoms with E-state index in [4.69, 9.17) is 11.6 Å². The molecule has 0 fully saturated rings. The van der Waals surface area contributed by atoms with E-state index in [1.54, 1.807) is 24.3 Å². The third-order valence-electron chi connectivity index (χ3n) is 3.51. The molecule has 1 heterocycles. The maximum absolute atomic E-state index is 12.3. The Morgan fingerprint density at radius 2 is 1.96 bits per heavy atom. The molecule has 0 radical (unpaired) electrons. The molecule has 1 aromatic carbocycles. The molecule has 7 heteroatoms. The van der Waals surface area contributed by atoms with Gasteiger partial charge in [0.1, 0.15) is 0 Å². The van der Waals surface area contributed by atoms with Crippen LogP contribution < -0.4 is 10.6 Å². The number of halogens is 1. The first-order valence-electron chi connectivity index (χ1n) is 7.67. The third-order valence-corrected chi connectivity index (χ3v) is 4.69. The minimum atomic E-state index is -0.411. The first-order chi connectivity index (χ1) is 11.4. The number of anilines is 1. The number of aryl methyl sites for hydroxylation is 2.